The van der Waals surface area contributed by atoms with Crippen LogP contribution in [-0.4, -0.2) is 80.4 Å². The van der Waals surface area contributed by atoms with Crippen LogP contribution in [0, 0.1) is 11.3 Å². The van der Waals surface area contributed by atoms with E-state index in [1.165, 1.54) is 0 Å². The molecule has 7 nitrogen and oxygen atoms in total. The van der Waals surface area contributed by atoms with Gasteiger partial charge in [-0.25, -0.2) is 9.67 Å². The quantitative estimate of drug-likeness (QED) is 0.795. The first-order valence-corrected chi connectivity index (χ1v) is 11.0. The van der Waals surface area contributed by atoms with Crippen molar-refractivity contribution < 1.29 is 9.90 Å². The van der Waals surface area contributed by atoms with Crippen molar-refractivity contribution in [2.24, 2.45) is 11.3 Å². The smallest absolute Gasteiger partial charge is 0.232 e. The van der Waals surface area contributed by atoms with Gasteiger partial charge < -0.3 is 10.0 Å². The fraction of sp³-hybridized carbons (Fsp3) is 0.833. The van der Waals surface area contributed by atoms with Gasteiger partial charge in [0.1, 0.15) is 12.2 Å². The van der Waals surface area contributed by atoms with Crippen molar-refractivity contribution in [3.8, 4) is 0 Å². The number of carbonyl (C=O) groups is 1. The number of aliphatic hydroxyl groups is 1. The molecule has 0 radical (unpaired) electrons. The largest absolute Gasteiger partial charge is 0.396 e. The lowest BCUT2D eigenvalue weighted by atomic mass is 9.64. The predicted octanol–water partition coefficient (Wildman–Crippen LogP) is 1.08. The van der Waals surface area contributed by atoms with Crippen molar-refractivity contribution in [1.82, 2.24) is 24.6 Å². The van der Waals surface area contributed by atoms with E-state index in [0.29, 0.717) is 12.3 Å². The van der Waals surface area contributed by atoms with Crippen LogP contribution in [0.25, 0.3) is 0 Å². The number of aromatic nitrogens is 3. The van der Waals surface area contributed by atoms with Gasteiger partial charge in [0.2, 0.25) is 5.91 Å². The third kappa shape index (κ3) is 4.07. The van der Waals surface area contributed by atoms with Crippen LogP contribution in [0.5, 0.6) is 0 Å². The summed E-state index contributed by atoms with van der Waals surface area (Å²) in [6.45, 7) is 7.53. The molecule has 0 aliphatic carbocycles. The number of amides is 1. The first-order valence-electron chi connectivity index (χ1n) is 9.58. The number of nitrogens with zero attached hydrogens (tertiary/aromatic N) is 5. The molecule has 3 heterocycles. The van der Waals surface area contributed by atoms with Gasteiger partial charge in [-0.3, -0.25) is 9.69 Å². The van der Waals surface area contributed by atoms with Crippen LogP contribution in [0.1, 0.15) is 32.0 Å². The first-order chi connectivity index (χ1) is 12.6. The van der Waals surface area contributed by atoms with Gasteiger partial charge in [-0.2, -0.15) is 16.9 Å². The number of thioether (sulfide) groups is 1. The Morgan fingerprint density at radius 1 is 1.35 bits per heavy atom. The minimum Gasteiger partial charge on any atom is -0.396 e. The van der Waals surface area contributed by atoms with Crippen LogP contribution in [0.15, 0.2) is 6.33 Å². The number of hydrogen-bond acceptors (Lipinski definition) is 6. The molecule has 2 aliphatic heterocycles. The molecule has 1 N–H and O–H groups in total. The molecule has 1 atom stereocenters. The predicted molar refractivity (Wildman–Crippen MR) is 103 cm³/mol. The van der Waals surface area contributed by atoms with Gasteiger partial charge in [-0.1, -0.05) is 0 Å². The molecule has 0 aromatic carbocycles. The standard InChI is InChI=1S/C18H31N5O2S/c1-3-23-16(19-14-20-23)11-21-7-4-18(5-8-21)6-9-22(10-15(18)12-24)17(25)13-26-2/h14-15,24H,3-13H2,1-2H3. The van der Waals surface area contributed by atoms with Crippen LogP contribution >= 0.6 is 11.8 Å². The molecule has 0 saturated carbocycles. The van der Waals surface area contributed by atoms with E-state index in [1.54, 1.807) is 18.1 Å². The molecule has 2 saturated heterocycles. The SMILES string of the molecule is CCn1ncnc1CN1CCC2(CC1)CCN(C(=O)CSC)CC2CO. The Labute approximate surface area is 160 Å². The lowest BCUT2D eigenvalue weighted by Crippen LogP contribution is -2.54. The van der Waals surface area contributed by atoms with E-state index in [9.17, 15) is 9.90 Å². The van der Waals surface area contributed by atoms with Gasteiger partial charge in [0.25, 0.3) is 0 Å². The average Bonchev–Trinajstić information content (AvgIpc) is 3.11. The number of likely N-dealkylation sites (tertiary alicyclic amines) is 2. The molecular weight excluding hydrogens is 350 g/mol. The molecule has 2 aliphatic rings. The summed E-state index contributed by atoms with van der Waals surface area (Å²) >= 11 is 1.57. The van der Waals surface area contributed by atoms with E-state index in [0.717, 1.165) is 57.8 Å². The van der Waals surface area contributed by atoms with Crippen molar-refractivity contribution in [3.63, 3.8) is 0 Å². The summed E-state index contributed by atoms with van der Waals surface area (Å²) in [7, 11) is 0. The van der Waals surface area contributed by atoms with E-state index in [-0.39, 0.29) is 23.8 Å². The number of aryl methyl sites for hydroxylation is 1. The highest BCUT2D eigenvalue weighted by Crippen LogP contribution is 2.45. The summed E-state index contributed by atoms with van der Waals surface area (Å²) in [5.41, 5.74) is 0.180. The monoisotopic (exact) mass is 381 g/mol. The Hall–Kier alpha value is -1.12. The molecule has 1 aromatic rings. The average molecular weight is 382 g/mol. The highest BCUT2D eigenvalue weighted by molar-refractivity contribution is 7.99. The summed E-state index contributed by atoms with van der Waals surface area (Å²) in [6.07, 6.45) is 6.78. The van der Waals surface area contributed by atoms with Gasteiger partial charge in [0.15, 0.2) is 0 Å². The minimum atomic E-state index is 0.174. The van der Waals surface area contributed by atoms with Gasteiger partial charge in [-0.05, 0) is 50.9 Å². The van der Waals surface area contributed by atoms with Crippen molar-refractivity contribution >= 4 is 17.7 Å². The van der Waals surface area contributed by atoms with E-state index in [4.69, 9.17) is 0 Å². The second kappa shape index (κ2) is 8.71. The van der Waals surface area contributed by atoms with E-state index in [2.05, 4.69) is 21.9 Å². The number of piperidine rings is 2. The van der Waals surface area contributed by atoms with Crippen LogP contribution in [0.2, 0.25) is 0 Å². The van der Waals surface area contributed by atoms with E-state index < -0.39 is 0 Å². The van der Waals surface area contributed by atoms with Gasteiger partial charge in [-0.15, -0.1) is 0 Å². The van der Waals surface area contributed by atoms with E-state index >= 15 is 0 Å². The number of aliphatic hydroxyl groups excluding tert-OH is 1. The Kier molecular flexibility index (Phi) is 6.58. The molecule has 146 valence electrons. The van der Waals surface area contributed by atoms with Gasteiger partial charge in [0, 0.05) is 32.2 Å². The maximum Gasteiger partial charge on any atom is 0.232 e. The topological polar surface area (TPSA) is 74.5 Å². The van der Waals surface area contributed by atoms with Gasteiger partial charge in [0.05, 0.1) is 12.3 Å². The second-order valence-electron chi connectivity index (χ2n) is 7.53. The summed E-state index contributed by atoms with van der Waals surface area (Å²) < 4.78 is 1.96. The van der Waals surface area contributed by atoms with Crippen LogP contribution < -0.4 is 0 Å². The maximum absolute atomic E-state index is 12.2. The fourth-order valence-electron chi connectivity index (χ4n) is 4.49. The Morgan fingerprint density at radius 3 is 2.73 bits per heavy atom. The Morgan fingerprint density at radius 2 is 2.08 bits per heavy atom. The molecule has 3 rings (SSSR count). The third-order valence-corrected chi connectivity index (χ3v) is 6.78. The van der Waals surface area contributed by atoms with E-state index in [1.807, 2.05) is 15.8 Å². The summed E-state index contributed by atoms with van der Waals surface area (Å²) in [5.74, 6) is 1.97. The third-order valence-electron chi connectivity index (χ3n) is 6.24. The summed E-state index contributed by atoms with van der Waals surface area (Å²) in [4.78, 5) is 21.0. The zero-order valence-electron chi connectivity index (χ0n) is 15.9. The molecule has 8 heteroatoms. The van der Waals surface area contributed by atoms with Crippen LogP contribution in [0.3, 0.4) is 0 Å². The lowest BCUT2D eigenvalue weighted by Gasteiger charge is -2.51. The maximum atomic E-state index is 12.2. The number of hydrogen-bond donors (Lipinski definition) is 1. The highest BCUT2D eigenvalue weighted by atomic mass is 32.2. The number of rotatable bonds is 6. The normalized spacial score (nSPS) is 23.5. The molecule has 26 heavy (non-hydrogen) atoms. The zero-order valence-corrected chi connectivity index (χ0v) is 16.7. The molecule has 1 aromatic heterocycles. The summed E-state index contributed by atoms with van der Waals surface area (Å²) in [6, 6.07) is 0. The molecule has 1 spiro atoms. The zero-order chi connectivity index (χ0) is 18.6. The van der Waals surface area contributed by atoms with Crippen molar-refractivity contribution in [3.05, 3.63) is 12.2 Å². The lowest BCUT2D eigenvalue weighted by molar-refractivity contribution is -0.135. The van der Waals surface area contributed by atoms with Crippen LogP contribution in [-0.2, 0) is 17.9 Å². The minimum absolute atomic E-state index is 0.174. The van der Waals surface area contributed by atoms with Crippen molar-refractivity contribution in [2.75, 3.05) is 44.8 Å². The number of carbonyl (C=O) groups excluding carboxylic acids is 1. The molecule has 1 unspecified atom stereocenters. The Bertz CT molecular complexity index is 600. The Balaban J connectivity index is 1.58. The van der Waals surface area contributed by atoms with Gasteiger partial charge >= 0.3 is 0 Å². The van der Waals surface area contributed by atoms with Crippen molar-refractivity contribution in [1.29, 1.82) is 0 Å². The molecule has 2 fully saturated rings. The van der Waals surface area contributed by atoms with Crippen LogP contribution in [0.4, 0.5) is 0 Å². The summed E-state index contributed by atoms with van der Waals surface area (Å²) in [5, 5.41) is 14.3. The fourth-order valence-corrected chi connectivity index (χ4v) is 4.92. The second-order valence-corrected chi connectivity index (χ2v) is 8.40. The first kappa shape index (κ1) is 19.6. The molecule has 1 amide bonds. The molecule has 0 bridgehead atoms. The van der Waals surface area contributed by atoms with Crippen molar-refractivity contribution in [2.45, 2.75) is 39.3 Å². The highest BCUT2D eigenvalue weighted by Gasteiger charge is 2.45. The molecular formula is C18H31N5O2S.